The minimum absolute atomic E-state index is 0.206. The van der Waals surface area contributed by atoms with E-state index in [0.29, 0.717) is 18.1 Å². The summed E-state index contributed by atoms with van der Waals surface area (Å²) in [4.78, 5) is 22.1. The lowest BCUT2D eigenvalue weighted by Crippen LogP contribution is -2.39. The first-order chi connectivity index (χ1) is 9.29. The predicted molar refractivity (Wildman–Crippen MR) is 75.9 cm³/mol. The van der Waals surface area contributed by atoms with Gasteiger partial charge in [0.2, 0.25) is 0 Å². The molecule has 0 unspecified atom stereocenters. The van der Waals surface area contributed by atoms with E-state index in [-0.39, 0.29) is 5.91 Å². The standard InChI is InChI=1S/C11H18N6OS/c12-16-10-8-14-9(7-15-10)11(18)13-1-2-17-3-5-19-6-4-17/h7-8H,1-6,12H2,(H,13,18)(H,15,16). The van der Waals surface area contributed by atoms with E-state index >= 15 is 0 Å². The summed E-state index contributed by atoms with van der Waals surface area (Å²) in [6.07, 6.45) is 2.83. The molecule has 0 spiro atoms. The van der Waals surface area contributed by atoms with Crippen LogP contribution in [-0.4, -0.2) is 58.5 Å². The van der Waals surface area contributed by atoms with Gasteiger partial charge in [-0.25, -0.2) is 15.8 Å². The largest absolute Gasteiger partial charge is 0.349 e. The maximum atomic E-state index is 11.8. The molecule has 8 heteroatoms. The second-order valence-corrected chi connectivity index (χ2v) is 5.37. The molecule has 7 nitrogen and oxygen atoms in total. The molecule has 0 saturated carbocycles. The Labute approximate surface area is 116 Å². The number of carbonyl (C=O) groups is 1. The molecule has 1 aromatic rings. The van der Waals surface area contributed by atoms with Crippen molar-refractivity contribution in [3.63, 3.8) is 0 Å². The molecule has 2 rings (SSSR count). The van der Waals surface area contributed by atoms with Gasteiger partial charge in [-0.3, -0.25) is 9.69 Å². The Morgan fingerprint density at radius 1 is 1.37 bits per heavy atom. The zero-order valence-corrected chi connectivity index (χ0v) is 11.4. The van der Waals surface area contributed by atoms with E-state index in [2.05, 4.69) is 25.6 Å². The van der Waals surface area contributed by atoms with Crippen molar-refractivity contribution in [2.75, 3.05) is 43.1 Å². The van der Waals surface area contributed by atoms with Crippen molar-refractivity contribution in [1.29, 1.82) is 0 Å². The molecule has 0 aromatic carbocycles. The lowest BCUT2D eigenvalue weighted by atomic mass is 10.4. The van der Waals surface area contributed by atoms with Crippen molar-refractivity contribution in [3.8, 4) is 0 Å². The number of hydrogen-bond donors (Lipinski definition) is 3. The number of rotatable bonds is 5. The highest BCUT2D eigenvalue weighted by Gasteiger charge is 2.11. The van der Waals surface area contributed by atoms with Crippen LogP contribution in [0.4, 0.5) is 5.82 Å². The highest BCUT2D eigenvalue weighted by atomic mass is 32.2. The number of amides is 1. The first kappa shape index (κ1) is 14.0. The van der Waals surface area contributed by atoms with E-state index in [1.807, 2.05) is 11.8 Å². The summed E-state index contributed by atoms with van der Waals surface area (Å²) in [7, 11) is 0. The van der Waals surface area contributed by atoms with Gasteiger partial charge in [0.05, 0.1) is 12.4 Å². The summed E-state index contributed by atoms with van der Waals surface area (Å²) >= 11 is 1.98. The summed E-state index contributed by atoms with van der Waals surface area (Å²) in [6.45, 7) is 3.69. The van der Waals surface area contributed by atoms with Gasteiger partial charge in [-0.15, -0.1) is 0 Å². The van der Waals surface area contributed by atoms with Gasteiger partial charge in [0.1, 0.15) is 5.69 Å². The Hall–Kier alpha value is -1.38. The fourth-order valence-corrected chi connectivity index (χ4v) is 2.74. The maximum absolute atomic E-state index is 11.8. The van der Waals surface area contributed by atoms with E-state index in [9.17, 15) is 4.79 Å². The number of nitrogens with zero attached hydrogens (tertiary/aromatic N) is 3. The van der Waals surface area contributed by atoms with Crippen LogP contribution in [0.15, 0.2) is 12.4 Å². The Kier molecular flexibility index (Phi) is 5.37. The highest BCUT2D eigenvalue weighted by molar-refractivity contribution is 7.99. The second kappa shape index (κ2) is 7.27. The molecule has 1 aliphatic heterocycles. The number of hydrogen-bond acceptors (Lipinski definition) is 7. The van der Waals surface area contributed by atoms with Gasteiger partial charge in [-0.05, 0) is 0 Å². The second-order valence-electron chi connectivity index (χ2n) is 4.14. The first-order valence-electron chi connectivity index (χ1n) is 6.16. The van der Waals surface area contributed by atoms with Crippen LogP contribution < -0.4 is 16.6 Å². The van der Waals surface area contributed by atoms with Crippen LogP contribution in [0, 0.1) is 0 Å². The van der Waals surface area contributed by atoms with Crippen LogP contribution in [0.5, 0.6) is 0 Å². The van der Waals surface area contributed by atoms with Crippen molar-refractivity contribution in [3.05, 3.63) is 18.1 Å². The Bertz CT molecular complexity index is 406. The lowest BCUT2D eigenvalue weighted by Gasteiger charge is -2.25. The topological polar surface area (TPSA) is 96.2 Å². The number of anilines is 1. The molecule has 0 radical (unpaired) electrons. The quantitative estimate of drug-likeness (QED) is 0.497. The number of carbonyl (C=O) groups excluding carboxylic acids is 1. The van der Waals surface area contributed by atoms with Crippen molar-refractivity contribution in [1.82, 2.24) is 20.2 Å². The average Bonchev–Trinajstić information content (AvgIpc) is 2.48. The van der Waals surface area contributed by atoms with Gasteiger partial charge in [-0.2, -0.15) is 11.8 Å². The van der Waals surface area contributed by atoms with Crippen molar-refractivity contribution < 1.29 is 4.79 Å². The molecule has 4 N–H and O–H groups in total. The Morgan fingerprint density at radius 2 is 2.16 bits per heavy atom. The zero-order chi connectivity index (χ0) is 13.5. The maximum Gasteiger partial charge on any atom is 0.271 e. The number of hydrazine groups is 1. The molecule has 0 bridgehead atoms. The summed E-state index contributed by atoms with van der Waals surface area (Å²) < 4.78 is 0. The van der Waals surface area contributed by atoms with Gasteiger partial charge < -0.3 is 10.7 Å². The van der Waals surface area contributed by atoms with Crippen LogP contribution in [-0.2, 0) is 0 Å². The normalized spacial score (nSPS) is 16.1. The summed E-state index contributed by atoms with van der Waals surface area (Å²) in [5.41, 5.74) is 2.66. The first-order valence-corrected chi connectivity index (χ1v) is 7.32. The summed E-state index contributed by atoms with van der Waals surface area (Å²) in [5, 5.41) is 2.84. The number of nitrogens with two attached hydrogens (primary N) is 1. The molecule has 0 aliphatic carbocycles. The molecule has 0 atom stereocenters. The van der Waals surface area contributed by atoms with Crippen LogP contribution in [0.2, 0.25) is 0 Å². The molecule has 1 amide bonds. The van der Waals surface area contributed by atoms with Gasteiger partial charge in [0.25, 0.3) is 5.91 Å². The van der Waals surface area contributed by atoms with Crippen molar-refractivity contribution in [2.45, 2.75) is 0 Å². The smallest absolute Gasteiger partial charge is 0.271 e. The third-order valence-electron chi connectivity index (χ3n) is 2.85. The zero-order valence-electron chi connectivity index (χ0n) is 10.6. The Balaban J connectivity index is 1.73. The van der Waals surface area contributed by atoms with E-state index in [0.717, 1.165) is 19.6 Å². The highest BCUT2D eigenvalue weighted by Crippen LogP contribution is 2.07. The van der Waals surface area contributed by atoms with Crippen LogP contribution in [0.1, 0.15) is 10.5 Å². The van der Waals surface area contributed by atoms with Crippen molar-refractivity contribution in [2.24, 2.45) is 5.84 Å². The number of aromatic nitrogens is 2. The van der Waals surface area contributed by atoms with Crippen LogP contribution in [0.25, 0.3) is 0 Å². The average molecular weight is 282 g/mol. The molecule has 1 aliphatic rings. The summed E-state index contributed by atoms with van der Waals surface area (Å²) in [6, 6.07) is 0. The molecule has 1 fully saturated rings. The molecular weight excluding hydrogens is 264 g/mol. The van der Waals surface area contributed by atoms with Gasteiger partial charge in [0, 0.05) is 37.7 Å². The number of nitrogen functional groups attached to an aromatic ring is 1. The van der Waals surface area contributed by atoms with Crippen LogP contribution in [0.3, 0.4) is 0 Å². The third kappa shape index (κ3) is 4.34. The van der Waals surface area contributed by atoms with Gasteiger partial charge >= 0.3 is 0 Å². The lowest BCUT2D eigenvalue weighted by molar-refractivity contribution is 0.0943. The van der Waals surface area contributed by atoms with E-state index in [1.165, 1.54) is 23.9 Å². The van der Waals surface area contributed by atoms with E-state index in [4.69, 9.17) is 5.84 Å². The van der Waals surface area contributed by atoms with E-state index < -0.39 is 0 Å². The van der Waals surface area contributed by atoms with Gasteiger partial charge in [0.15, 0.2) is 5.82 Å². The monoisotopic (exact) mass is 282 g/mol. The molecule has 104 valence electrons. The predicted octanol–water partition coefficient (Wildman–Crippen LogP) is -0.459. The third-order valence-corrected chi connectivity index (χ3v) is 3.79. The van der Waals surface area contributed by atoms with Crippen molar-refractivity contribution >= 4 is 23.5 Å². The van der Waals surface area contributed by atoms with Gasteiger partial charge in [-0.1, -0.05) is 0 Å². The molecular formula is C11H18N6OS. The molecule has 1 aromatic heterocycles. The number of nitrogens with one attached hydrogen (secondary N) is 2. The number of thioether (sulfide) groups is 1. The fraction of sp³-hybridized carbons (Fsp3) is 0.545. The van der Waals surface area contributed by atoms with Crippen LogP contribution >= 0.6 is 11.8 Å². The minimum atomic E-state index is -0.206. The Morgan fingerprint density at radius 3 is 2.79 bits per heavy atom. The summed E-state index contributed by atoms with van der Waals surface area (Å²) in [5.74, 6) is 7.75. The molecule has 1 saturated heterocycles. The fourth-order valence-electron chi connectivity index (χ4n) is 1.76. The molecule has 2 heterocycles. The SMILES string of the molecule is NNc1cnc(C(=O)NCCN2CCSCC2)cn1. The molecule has 19 heavy (non-hydrogen) atoms. The minimum Gasteiger partial charge on any atom is -0.349 e. The van der Waals surface area contributed by atoms with E-state index in [1.54, 1.807) is 0 Å².